The second-order valence-corrected chi connectivity index (χ2v) is 6.30. The van der Waals surface area contributed by atoms with Gasteiger partial charge in [0.05, 0.1) is 6.07 Å². The first-order valence-electron chi connectivity index (χ1n) is 7.46. The second kappa shape index (κ2) is 5.92. The molecule has 0 unspecified atom stereocenters. The molecule has 0 bridgehead atoms. The van der Waals surface area contributed by atoms with Crippen LogP contribution in [0.1, 0.15) is 51.4 Å². The molecule has 0 aromatic carbocycles. The Morgan fingerprint density at radius 1 is 1.21 bits per heavy atom. The van der Waals surface area contributed by atoms with Crippen LogP contribution in [0, 0.1) is 17.2 Å². The van der Waals surface area contributed by atoms with Crippen LogP contribution in [0.4, 0.5) is 0 Å². The summed E-state index contributed by atoms with van der Waals surface area (Å²) in [5.74, 6) is 0.333. The molecule has 2 rings (SSSR count). The molecule has 0 aromatic heterocycles. The van der Waals surface area contributed by atoms with Gasteiger partial charge in [-0.1, -0.05) is 12.8 Å². The molecule has 19 heavy (non-hydrogen) atoms. The number of hydrogen-bond donors (Lipinski definition) is 1. The summed E-state index contributed by atoms with van der Waals surface area (Å²) >= 11 is 0. The highest BCUT2D eigenvalue weighted by Gasteiger charge is 2.39. The Bertz CT molecular complexity index is 358. The van der Waals surface area contributed by atoms with Gasteiger partial charge < -0.3 is 5.32 Å². The second-order valence-electron chi connectivity index (χ2n) is 6.30. The standard InChI is InChI=1S/C15H25N3O/c1-18(2)15(11-16)9-7-12(8-10-15)14(19)17-13-5-3-4-6-13/h12-13H,3-10H2,1-2H3,(H,17,19). The number of hydrogen-bond acceptors (Lipinski definition) is 3. The van der Waals surface area contributed by atoms with E-state index in [9.17, 15) is 10.1 Å². The van der Waals surface area contributed by atoms with Gasteiger partial charge in [-0.05, 0) is 52.6 Å². The van der Waals surface area contributed by atoms with Gasteiger partial charge in [-0.25, -0.2) is 0 Å². The number of carbonyl (C=O) groups is 1. The summed E-state index contributed by atoms with van der Waals surface area (Å²) in [7, 11) is 3.92. The van der Waals surface area contributed by atoms with E-state index in [1.54, 1.807) is 0 Å². The van der Waals surface area contributed by atoms with E-state index in [0.717, 1.165) is 38.5 Å². The van der Waals surface area contributed by atoms with Crippen LogP contribution in [0.25, 0.3) is 0 Å². The van der Waals surface area contributed by atoms with Gasteiger partial charge in [0.1, 0.15) is 5.54 Å². The molecule has 0 spiro atoms. The first kappa shape index (κ1) is 14.3. The van der Waals surface area contributed by atoms with Crippen LogP contribution in [-0.2, 0) is 4.79 Å². The summed E-state index contributed by atoms with van der Waals surface area (Å²) in [4.78, 5) is 14.2. The lowest BCUT2D eigenvalue weighted by atomic mass is 9.76. The van der Waals surface area contributed by atoms with Crippen molar-refractivity contribution in [1.82, 2.24) is 10.2 Å². The maximum Gasteiger partial charge on any atom is 0.223 e. The molecule has 2 saturated carbocycles. The highest BCUT2D eigenvalue weighted by Crippen LogP contribution is 2.35. The molecule has 106 valence electrons. The topological polar surface area (TPSA) is 56.1 Å². The van der Waals surface area contributed by atoms with E-state index in [0.29, 0.717) is 6.04 Å². The molecule has 2 fully saturated rings. The van der Waals surface area contributed by atoms with E-state index in [-0.39, 0.29) is 17.4 Å². The molecular formula is C15H25N3O. The highest BCUT2D eigenvalue weighted by molar-refractivity contribution is 5.79. The quantitative estimate of drug-likeness (QED) is 0.848. The third-order valence-electron chi connectivity index (χ3n) is 4.95. The van der Waals surface area contributed by atoms with Gasteiger partial charge in [0.2, 0.25) is 5.91 Å². The lowest BCUT2D eigenvalue weighted by Crippen LogP contribution is -2.48. The lowest BCUT2D eigenvalue weighted by Gasteiger charge is -2.39. The number of nitrogens with one attached hydrogen (secondary N) is 1. The maximum absolute atomic E-state index is 12.2. The number of nitriles is 1. The Hall–Kier alpha value is -1.08. The largest absolute Gasteiger partial charge is 0.353 e. The molecule has 2 aliphatic rings. The molecule has 0 aliphatic heterocycles. The molecule has 0 radical (unpaired) electrons. The first-order valence-corrected chi connectivity index (χ1v) is 7.46. The summed E-state index contributed by atoms with van der Waals surface area (Å²) in [5.41, 5.74) is -0.357. The van der Waals surface area contributed by atoms with Crippen LogP contribution in [0.3, 0.4) is 0 Å². The zero-order valence-corrected chi connectivity index (χ0v) is 12.1. The SMILES string of the molecule is CN(C)C1(C#N)CCC(C(=O)NC2CCCC2)CC1. The summed E-state index contributed by atoms with van der Waals surface area (Å²) < 4.78 is 0. The monoisotopic (exact) mass is 263 g/mol. The van der Waals surface area contributed by atoms with E-state index < -0.39 is 0 Å². The highest BCUT2D eigenvalue weighted by atomic mass is 16.1. The van der Waals surface area contributed by atoms with Crippen molar-refractivity contribution in [3.63, 3.8) is 0 Å². The maximum atomic E-state index is 12.2. The molecular weight excluding hydrogens is 238 g/mol. The van der Waals surface area contributed by atoms with Crippen molar-refractivity contribution in [3.05, 3.63) is 0 Å². The number of amides is 1. The van der Waals surface area contributed by atoms with Gasteiger partial charge in [-0.3, -0.25) is 9.69 Å². The van der Waals surface area contributed by atoms with Crippen molar-refractivity contribution in [2.75, 3.05) is 14.1 Å². The van der Waals surface area contributed by atoms with Gasteiger partial charge >= 0.3 is 0 Å². The molecule has 0 saturated heterocycles. The number of nitrogens with zero attached hydrogens (tertiary/aromatic N) is 2. The molecule has 4 heteroatoms. The Labute approximate surface area is 116 Å². The third kappa shape index (κ3) is 3.09. The molecule has 1 amide bonds. The summed E-state index contributed by atoms with van der Waals surface area (Å²) in [6.07, 6.45) is 8.05. The lowest BCUT2D eigenvalue weighted by molar-refractivity contribution is -0.127. The first-order chi connectivity index (χ1) is 9.07. The van der Waals surface area contributed by atoms with Crippen LogP contribution in [-0.4, -0.2) is 36.5 Å². The zero-order chi connectivity index (χ0) is 13.9. The summed E-state index contributed by atoms with van der Waals surface area (Å²) in [6, 6.07) is 2.85. The molecule has 0 aromatic rings. The average molecular weight is 263 g/mol. The van der Waals surface area contributed by atoms with Crippen molar-refractivity contribution in [3.8, 4) is 6.07 Å². The fraction of sp³-hybridized carbons (Fsp3) is 0.867. The fourth-order valence-corrected chi connectivity index (χ4v) is 3.41. The minimum Gasteiger partial charge on any atom is -0.353 e. The van der Waals surface area contributed by atoms with Crippen LogP contribution in [0.15, 0.2) is 0 Å². The fourth-order valence-electron chi connectivity index (χ4n) is 3.41. The van der Waals surface area contributed by atoms with Gasteiger partial charge in [0.25, 0.3) is 0 Å². The third-order valence-corrected chi connectivity index (χ3v) is 4.95. The Morgan fingerprint density at radius 3 is 2.26 bits per heavy atom. The predicted molar refractivity (Wildman–Crippen MR) is 74.4 cm³/mol. The summed E-state index contributed by atoms with van der Waals surface area (Å²) in [5, 5.41) is 12.6. The predicted octanol–water partition coefficient (Wildman–Crippen LogP) is 2.06. The van der Waals surface area contributed by atoms with E-state index >= 15 is 0 Å². The van der Waals surface area contributed by atoms with Crippen LogP contribution >= 0.6 is 0 Å². The van der Waals surface area contributed by atoms with Gasteiger partial charge in [0, 0.05) is 12.0 Å². The van der Waals surface area contributed by atoms with E-state index in [1.807, 2.05) is 19.0 Å². The normalized spacial score (nSPS) is 32.2. The number of rotatable bonds is 3. The molecule has 1 N–H and O–H groups in total. The molecule has 2 aliphatic carbocycles. The minimum absolute atomic E-state index is 0.113. The van der Waals surface area contributed by atoms with Gasteiger partial charge in [0.15, 0.2) is 0 Å². The van der Waals surface area contributed by atoms with Crippen molar-refractivity contribution in [2.24, 2.45) is 5.92 Å². The van der Waals surface area contributed by atoms with E-state index in [4.69, 9.17) is 0 Å². The minimum atomic E-state index is -0.357. The molecule has 4 nitrogen and oxygen atoms in total. The summed E-state index contributed by atoms with van der Waals surface area (Å²) in [6.45, 7) is 0. The van der Waals surface area contributed by atoms with Crippen molar-refractivity contribution < 1.29 is 4.79 Å². The van der Waals surface area contributed by atoms with Gasteiger partial charge in [-0.15, -0.1) is 0 Å². The van der Waals surface area contributed by atoms with Crippen molar-refractivity contribution in [1.29, 1.82) is 5.26 Å². The average Bonchev–Trinajstić information content (AvgIpc) is 2.91. The molecule has 0 atom stereocenters. The van der Waals surface area contributed by atoms with Crippen LogP contribution in [0.5, 0.6) is 0 Å². The Morgan fingerprint density at radius 2 is 1.79 bits per heavy atom. The Balaban J connectivity index is 1.85. The number of carbonyl (C=O) groups excluding carboxylic acids is 1. The Kier molecular flexibility index (Phi) is 4.46. The van der Waals surface area contributed by atoms with Gasteiger partial charge in [-0.2, -0.15) is 5.26 Å². The van der Waals surface area contributed by atoms with Crippen LogP contribution in [0.2, 0.25) is 0 Å². The van der Waals surface area contributed by atoms with Crippen LogP contribution < -0.4 is 5.32 Å². The van der Waals surface area contributed by atoms with Crippen molar-refractivity contribution >= 4 is 5.91 Å². The molecule has 0 heterocycles. The smallest absolute Gasteiger partial charge is 0.223 e. The van der Waals surface area contributed by atoms with E-state index in [1.165, 1.54) is 12.8 Å². The zero-order valence-electron chi connectivity index (χ0n) is 12.1. The van der Waals surface area contributed by atoms with Crippen molar-refractivity contribution in [2.45, 2.75) is 62.9 Å². The van der Waals surface area contributed by atoms with E-state index in [2.05, 4.69) is 11.4 Å².